The minimum absolute atomic E-state index is 0.147. The van der Waals surface area contributed by atoms with Crippen molar-refractivity contribution in [1.29, 1.82) is 0 Å². The van der Waals surface area contributed by atoms with E-state index in [0.29, 0.717) is 33.5 Å². The first kappa shape index (κ1) is 14.3. The Morgan fingerprint density at radius 2 is 1.12 bits per heavy atom. The molecule has 118 valence electrons. The molecule has 0 aliphatic rings. The van der Waals surface area contributed by atoms with Gasteiger partial charge in [0.1, 0.15) is 11.6 Å². The van der Waals surface area contributed by atoms with Crippen molar-refractivity contribution < 1.29 is 0 Å². The molecule has 6 heteroatoms. The lowest BCUT2D eigenvalue weighted by atomic mass is 10.0. The maximum absolute atomic E-state index is 12.0. The number of aromatic amines is 2. The fraction of sp³-hybridized carbons (Fsp3) is 0.111. The molecular weight excluding hydrogens is 304 g/mol. The molecule has 0 unspecified atom stereocenters. The van der Waals surface area contributed by atoms with Crippen molar-refractivity contribution in [1.82, 2.24) is 19.9 Å². The van der Waals surface area contributed by atoms with Crippen molar-refractivity contribution >= 4 is 21.8 Å². The smallest absolute Gasteiger partial charge is 0.258 e. The first-order valence-corrected chi connectivity index (χ1v) is 7.53. The van der Waals surface area contributed by atoms with E-state index in [-0.39, 0.29) is 11.1 Å². The van der Waals surface area contributed by atoms with Crippen molar-refractivity contribution in [3.63, 3.8) is 0 Å². The SMILES string of the molecule is Cc1nc2cc(-c3ccc4c(=O)[nH]c(C)nc4c3)ccc2c(=O)[nH]1. The molecule has 0 saturated carbocycles. The van der Waals surface area contributed by atoms with Crippen LogP contribution in [-0.4, -0.2) is 19.9 Å². The molecule has 2 heterocycles. The quantitative estimate of drug-likeness (QED) is 0.564. The number of H-pyrrole nitrogens is 2. The minimum atomic E-state index is -0.147. The summed E-state index contributed by atoms with van der Waals surface area (Å²) < 4.78 is 0. The van der Waals surface area contributed by atoms with Crippen LogP contribution in [0.4, 0.5) is 0 Å². The van der Waals surface area contributed by atoms with Crippen molar-refractivity contribution in [2.75, 3.05) is 0 Å². The van der Waals surface area contributed by atoms with Gasteiger partial charge < -0.3 is 9.97 Å². The highest BCUT2D eigenvalue weighted by Crippen LogP contribution is 2.24. The highest BCUT2D eigenvalue weighted by Gasteiger charge is 2.07. The van der Waals surface area contributed by atoms with Crippen molar-refractivity contribution in [2.24, 2.45) is 0 Å². The van der Waals surface area contributed by atoms with E-state index in [0.717, 1.165) is 11.1 Å². The van der Waals surface area contributed by atoms with Gasteiger partial charge in [-0.2, -0.15) is 0 Å². The van der Waals surface area contributed by atoms with Gasteiger partial charge in [0.2, 0.25) is 0 Å². The van der Waals surface area contributed by atoms with E-state index in [4.69, 9.17) is 0 Å². The van der Waals surface area contributed by atoms with Gasteiger partial charge in [-0.25, -0.2) is 9.97 Å². The number of hydrogen-bond donors (Lipinski definition) is 2. The molecule has 0 spiro atoms. The predicted molar refractivity (Wildman–Crippen MR) is 93.2 cm³/mol. The van der Waals surface area contributed by atoms with E-state index in [2.05, 4.69) is 19.9 Å². The third-order valence-electron chi connectivity index (χ3n) is 3.98. The number of nitrogens with one attached hydrogen (secondary N) is 2. The summed E-state index contributed by atoms with van der Waals surface area (Å²) in [4.78, 5) is 38.1. The van der Waals surface area contributed by atoms with E-state index in [1.165, 1.54) is 0 Å². The fourth-order valence-electron chi connectivity index (χ4n) is 2.87. The first-order chi connectivity index (χ1) is 11.5. The summed E-state index contributed by atoms with van der Waals surface area (Å²) in [6, 6.07) is 11.0. The van der Waals surface area contributed by atoms with Gasteiger partial charge in [0.05, 0.1) is 21.8 Å². The highest BCUT2D eigenvalue weighted by molar-refractivity contribution is 5.87. The lowest BCUT2D eigenvalue weighted by Gasteiger charge is -2.06. The topological polar surface area (TPSA) is 91.5 Å². The molecule has 2 aromatic carbocycles. The summed E-state index contributed by atoms with van der Waals surface area (Å²) in [5.41, 5.74) is 2.83. The van der Waals surface area contributed by atoms with Gasteiger partial charge in [-0.3, -0.25) is 9.59 Å². The van der Waals surface area contributed by atoms with Gasteiger partial charge >= 0.3 is 0 Å². The van der Waals surface area contributed by atoms with Gasteiger partial charge in [0, 0.05) is 0 Å². The van der Waals surface area contributed by atoms with Crippen molar-refractivity contribution in [3.8, 4) is 11.1 Å². The van der Waals surface area contributed by atoms with Gasteiger partial charge in [0.25, 0.3) is 11.1 Å². The lowest BCUT2D eigenvalue weighted by molar-refractivity contribution is 1.06. The number of hydrogen-bond acceptors (Lipinski definition) is 4. The average Bonchev–Trinajstić information content (AvgIpc) is 2.53. The van der Waals surface area contributed by atoms with Crippen molar-refractivity contribution in [2.45, 2.75) is 13.8 Å². The van der Waals surface area contributed by atoms with Crippen LogP contribution < -0.4 is 11.1 Å². The molecule has 0 aliphatic carbocycles. The summed E-state index contributed by atoms with van der Waals surface area (Å²) in [5.74, 6) is 1.15. The largest absolute Gasteiger partial charge is 0.310 e. The van der Waals surface area contributed by atoms with Crippen LogP contribution in [0.5, 0.6) is 0 Å². The average molecular weight is 318 g/mol. The molecule has 0 saturated heterocycles. The molecule has 2 N–H and O–H groups in total. The van der Waals surface area contributed by atoms with Crippen LogP contribution in [-0.2, 0) is 0 Å². The van der Waals surface area contributed by atoms with Crippen LogP contribution in [0.15, 0.2) is 46.0 Å². The Bertz CT molecular complexity index is 1120. The van der Waals surface area contributed by atoms with Gasteiger partial charge in [-0.05, 0) is 49.2 Å². The molecule has 6 nitrogen and oxygen atoms in total. The molecule has 0 bridgehead atoms. The molecular formula is C18H14N4O2. The zero-order valence-corrected chi connectivity index (χ0v) is 13.2. The Balaban J connectivity index is 1.95. The molecule has 0 aliphatic heterocycles. The van der Waals surface area contributed by atoms with Crippen LogP contribution >= 0.6 is 0 Å². The number of aryl methyl sites for hydroxylation is 2. The third kappa shape index (κ3) is 2.28. The second-order valence-corrected chi connectivity index (χ2v) is 5.77. The fourth-order valence-corrected chi connectivity index (χ4v) is 2.87. The van der Waals surface area contributed by atoms with Crippen LogP contribution in [0.3, 0.4) is 0 Å². The molecule has 0 amide bonds. The van der Waals surface area contributed by atoms with Gasteiger partial charge in [0.15, 0.2) is 0 Å². The predicted octanol–water partition coefficient (Wildman–Crippen LogP) is 2.44. The monoisotopic (exact) mass is 318 g/mol. The summed E-state index contributed by atoms with van der Waals surface area (Å²) >= 11 is 0. The highest BCUT2D eigenvalue weighted by atomic mass is 16.1. The molecule has 0 fully saturated rings. The molecule has 24 heavy (non-hydrogen) atoms. The maximum Gasteiger partial charge on any atom is 0.258 e. The lowest BCUT2D eigenvalue weighted by Crippen LogP contribution is -2.10. The number of fused-ring (bicyclic) bond motifs is 2. The first-order valence-electron chi connectivity index (χ1n) is 7.53. The Morgan fingerprint density at radius 3 is 1.54 bits per heavy atom. The Labute approximate surface area is 136 Å². The van der Waals surface area contributed by atoms with E-state index in [1.807, 2.05) is 24.3 Å². The van der Waals surface area contributed by atoms with Crippen LogP contribution in [0.2, 0.25) is 0 Å². The van der Waals surface area contributed by atoms with E-state index in [9.17, 15) is 9.59 Å². The summed E-state index contributed by atoms with van der Waals surface area (Å²) in [6.07, 6.45) is 0. The zero-order valence-electron chi connectivity index (χ0n) is 13.2. The normalized spacial score (nSPS) is 11.2. The number of aromatic nitrogens is 4. The third-order valence-corrected chi connectivity index (χ3v) is 3.98. The second-order valence-electron chi connectivity index (χ2n) is 5.77. The number of benzene rings is 2. The number of rotatable bonds is 1. The van der Waals surface area contributed by atoms with Crippen LogP contribution in [0, 0.1) is 13.8 Å². The molecule has 4 rings (SSSR count). The van der Waals surface area contributed by atoms with Crippen molar-refractivity contribution in [3.05, 3.63) is 68.8 Å². The molecule has 0 radical (unpaired) electrons. The Kier molecular flexibility index (Phi) is 3.06. The summed E-state index contributed by atoms with van der Waals surface area (Å²) in [5, 5.41) is 1.10. The standard InChI is InChI=1S/C18H14N4O2/c1-9-19-15-7-11(3-5-13(15)17(23)21-9)12-4-6-14-16(8-12)20-10(2)22-18(14)24/h3-8H,1-2H3,(H,19,21,23)(H,20,22,24). The second kappa shape index (κ2) is 5.13. The van der Waals surface area contributed by atoms with Crippen LogP contribution in [0.1, 0.15) is 11.6 Å². The Hall–Kier alpha value is -3.28. The molecule has 0 atom stereocenters. The minimum Gasteiger partial charge on any atom is -0.310 e. The maximum atomic E-state index is 12.0. The van der Waals surface area contributed by atoms with Crippen LogP contribution in [0.25, 0.3) is 32.9 Å². The molecule has 2 aromatic heterocycles. The Morgan fingerprint density at radius 1 is 0.708 bits per heavy atom. The zero-order chi connectivity index (χ0) is 16.8. The summed E-state index contributed by atoms with van der Waals surface area (Å²) in [6.45, 7) is 3.50. The van der Waals surface area contributed by atoms with E-state index >= 15 is 0 Å². The van der Waals surface area contributed by atoms with E-state index in [1.54, 1.807) is 26.0 Å². The van der Waals surface area contributed by atoms with Gasteiger partial charge in [-0.15, -0.1) is 0 Å². The molecule has 4 aromatic rings. The number of nitrogens with zero attached hydrogens (tertiary/aromatic N) is 2. The van der Waals surface area contributed by atoms with Gasteiger partial charge in [-0.1, -0.05) is 12.1 Å². The summed E-state index contributed by atoms with van der Waals surface area (Å²) in [7, 11) is 0. The van der Waals surface area contributed by atoms with E-state index < -0.39 is 0 Å².